The van der Waals surface area contributed by atoms with E-state index in [1.54, 1.807) is 0 Å². The Hall–Kier alpha value is -0.770. The van der Waals surface area contributed by atoms with Crippen molar-refractivity contribution in [3.63, 3.8) is 0 Å². The minimum atomic E-state index is -0.0169. The summed E-state index contributed by atoms with van der Waals surface area (Å²) in [6.45, 7) is 7.33. The standard InChI is InChI=1S/C16H31N3O/c1-13-6-4-7-14(10-13)11-18-15(17-3)19-12-16(2)8-5-9-20-16/h13-14H,4-12H2,1-3H3,(H2,17,18,19). The van der Waals surface area contributed by atoms with Crippen LogP contribution in [0.3, 0.4) is 0 Å². The first-order valence-corrected chi connectivity index (χ1v) is 8.20. The Labute approximate surface area is 123 Å². The molecule has 2 rings (SSSR count). The molecular formula is C16H31N3O. The van der Waals surface area contributed by atoms with E-state index in [0.29, 0.717) is 0 Å². The molecule has 1 saturated carbocycles. The Kier molecular flexibility index (Phi) is 5.70. The van der Waals surface area contributed by atoms with Crippen molar-refractivity contribution < 1.29 is 4.74 Å². The summed E-state index contributed by atoms with van der Waals surface area (Å²) >= 11 is 0. The molecule has 4 nitrogen and oxygen atoms in total. The van der Waals surface area contributed by atoms with Gasteiger partial charge in [0.15, 0.2) is 5.96 Å². The number of ether oxygens (including phenoxy) is 1. The molecule has 0 radical (unpaired) electrons. The maximum absolute atomic E-state index is 5.80. The molecular weight excluding hydrogens is 250 g/mol. The van der Waals surface area contributed by atoms with E-state index in [1.165, 1.54) is 32.1 Å². The van der Waals surface area contributed by atoms with E-state index in [2.05, 4.69) is 29.5 Å². The molecule has 3 atom stereocenters. The van der Waals surface area contributed by atoms with Crippen LogP contribution >= 0.6 is 0 Å². The molecule has 116 valence electrons. The molecule has 1 heterocycles. The summed E-state index contributed by atoms with van der Waals surface area (Å²) < 4.78 is 5.80. The first-order valence-electron chi connectivity index (χ1n) is 8.20. The predicted molar refractivity (Wildman–Crippen MR) is 84.1 cm³/mol. The summed E-state index contributed by atoms with van der Waals surface area (Å²) in [7, 11) is 1.84. The fraction of sp³-hybridized carbons (Fsp3) is 0.938. The van der Waals surface area contributed by atoms with Gasteiger partial charge in [-0.25, -0.2) is 0 Å². The van der Waals surface area contributed by atoms with Gasteiger partial charge in [-0.3, -0.25) is 4.99 Å². The van der Waals surface area contributed by atoms with Crippen LogP contribution in [0.25, 0.3) is 0 Å². The van der Waals surface area contributed by atoms with Gasteiger partial charge in [-0.15, -0.1) is 0 Å². The number of aliphatic imine (C=N–C) groups is 1. The lowest BCUT2D eigenvalue weighted by Crippen LogP contribution is -2.46. The maximum atomic E-state index is 5.80. The van der Waals surface area contributed by atoms with Gasteiger partial charge in [0.1, 0.15) is 0 Å². The van der Waals surface area contributed by atoms with Crippen molar-refractivity contribution in [1.82, 2.24) is 10.6 Å². The molecule has 1 aliphatic carbocycles. The van der Waals surface area contributed by atoms with Crippen molar-refractivity contribution in [3.05, 3.63) is 0 Å². The lowest BCUT2D eigenvalue weighted by molar-refractivity contribution is 0.0242. The molecule has 2 N–H and O–H groups in total. The number of hydrogen-bond donors (Lipinski definition) is 2. The zero-order valence-corrected chi connectivity index (χ0v) is 13.4. The fourth-order valence-corrected chi connectivity index (χ4v) is 3.45. The van der Waals surface area contributed by atoms with E-state index >= 15 is 0 Å². The first kappa shape index (κ1) is 15.6. The largest absolute Gasteiger partial charge is 0.373 e. The summed E-state index contributed by atoms with van der Waals surface area (Å²) in [5, 5.41) is 6.90. The van der Waals surface area contributed by atoms with Crippen LogP contribution in [0, 0.1) is 11.8 Å². The third kappa shape index (κ3) is 4.65. The molecule has 0 bridgehead atoms. The second-order valence-electron chi connectivity index (χ2n) is 6.85. The van der Waals surface area contributed by atoms with E-state index in [9.17, 15) is 0 Å². The van der Waals surface area contributed by atoms with Crippen molar-refractivity contribution >= 4 is 5.96 Å². The van der Waals surface area contributed by atoms with E-state index in [-0.39, 0.29) is 5.60 Å². The Bertz CT molecular complexity index is 324. The first-order chi connectivity index (χ1) is 9.61. The van der Waals surface area contributed by atoms with Crippen LogP contribution in [0.1, 0.15) is 52.4 Å². The SMILES string of the molecule is CN=C(NCC1CCCC(C)C1)NCC1(C)CCCO1. The molecule has 1 saturated heterocycles. The van der Waals surface area contributed by atoms with Crippen molar-refractivity contribution in [1.29, 1.82) is 0 Å². The fourth-order valence-electron chi connectivity index (χ4n) is 3.45. The molecule has 2 fully saturated rings. The summed E-state index contributed by atoms with van der Waals surface area (Å²) in [5.74, 6) is 2.60. The molecule has 0 aromatic heterocycles. The number of guanidine groups is 1. The zero-order chi connectivity index (χ0) is 14.4. The van der Waals surface area contributed by atoms with E-state index in [0.717, 1.165) is 43.9 Å². The van der Waals surface area contributed by atoms with Gasteiger partial charge in [-0.2, -0.15) is 0 Å². The van der Waals surface area contributed by atoms with Crippen molar-refractivity contribution in [2.45, 2.75) is 58.0 Å². The van der Waals surface area contributed by atoms with Gasteiger partial charge in [-0.05, 0) is 44.4 Å². The van der Waals surface area contributed by atoms with E-state index in [1.807, 2.05) is 7.05 Å². The van der Waals surface area contributed by atoms with Gasteiger partial charge in [0.25, 0.3) is 0 Å². The smallest absolute Gasteiger partial charge is 0.191 e. The number of nitrogens with zero attached hydrogens (tertiary/aromatic N) is 1. The van der Waals surface area contributed by atoms with Crippen molar-refractivity contribution in [3.8, 4) is 0 Å². The van der Waals surface area contributed by atoms with E-state index < -0.39 is 0 Å². The third-order valence-electron chi connectivity index (χ3n) is 4.76. The minimum absolute atomic E-state index is 0.0169. The molecule has 0 amide bonds. The highest BCUT2D eigenvalue weighted by molar-refractivity contribution is 5.79. The van der Waals surface area contributed by atoms with Gasteiger partial charge in [0.05, 0.1) is 5.60 Å². The Morgan fingerprint density at radius 3 is 2.80 bits per heavy atom. The maximum Gasteiger partial charge on any atom is 0.191 e. The zero-order valence-electron chi connectivity index (χ0n) is 13.4. The number of hydrogen-bond acceptors (Lipinski definition) is 2. The molecule has 0 aromatic carbocycles. The summed E-state index contributed by atoms with van der Waals surface area (Å²) in [6.07, 6.45) is 7.80. The van der Waals surface area contributed by atoms with Gasteiger partial charge in [-0.1, -0.05) is 19.8 Å². The quantitative estimate of drug-likeness (QED) is 0.615. The number of rotatable bonds is 4. The Morgan fingerprint density at radius 2 is 2.15 bits per heavy atom. The lowest BCUT2D eigenvalue weighted by Gasteiger charge is -2.28. The highest BCUT2D eigenvalue weighted by Crippen LogP contribution is 2.28. The second kappa shape index (κ2) is 7.30. The van der Waals surface area contributed by atoms with Crippen molar-refractivity contribution in [2.24, 2.45) is 16.8 Å². The molecule has 3 unspecified atom stereocenters. The van der Waals surface area contributed by atoms with Crippen molar-refractivity contribution in [2.75, 3.05) is 26.7 Å². The van der Waals surface area contributed by atoms with Gasteiger partial charge < -0.3 is 15.4 Å². The lowest BCUT2D eigenvalue weighted by atomic mass is 9.82. The molecule has 1 aliphatic heterocycles. The molecule has 0 aromatic rings. The van der Waals surface area contributed by atoms with Crippen LogP contribution in [0.4, 0.5) is 0 Å². The average molecular weight is 281 g/mol. The highest BCUT2D eigenvalue weighted by Gasteiger charge is 2.29. The normalized spacial score (nSPS) is 35.0. The van der Waals surface area contributed by atoms with Crippen LogP contribution in [-0.2, 0) is 4.74 Å². The van der Waals surface area contributed by atoms with Gasteiger partial charge in [0, 0.05) is 26.7 Å². The highest BCUT2D eigenvalue weighted by atomic mass is 16.5. The predicted octanol–water partition coefficient (Wildman–Crippen LogP) is 2.55. The third-order valence-corrected chi connectivity index (χ3v) is 4.76. The average Bonchev–Trinajstić information content (AvgIpc) is 2.86. The monoisotopic (exact) mass is 281 g/mol. The van der Waals surface area contributed by atoms with Gasteiger partial charge in [0.2, 0.25) is 0 Å². The van der Waals surface area contributed by atoms with Crippen LogP contribution in [-0.4, -0.2) is 38.3 Å². The number of nitrogens with one attached hydrogen (secondary N) is 2. The summed E-state index contributed by atoms with van der Waals surface area (Å²) in [4.78, 5) is 4.32. The summed E-state index contributed by atoms with van der Waals surface area (Å²) in [5.41, 5.74) is -0.0169. The molecule has 4 heteroatoms. The van der Waals surface area contributed by atoms with Gasteiger partial charge >= 0.3 is 0 Å². The Balaban J connectivity index is 1.69. The van der Waals surface area contributed by atoms with Crippen LogP contribution < -0.4 is 10.6 Å². The topological polar surface area (TPSA) is 45.7 Å². The minimum Gasteiger partial charge on any atom is -0.373 e. The molecule has 2 aliphatic rings. The molecule has 0 spiro atoms. The summed E-state index contributed by atoms with van der Waals surface area (Å²) in [6, 6.07) is 0. The van der Waals surface area contributed by atoms with E-state index in [4.69, 9.17) is 4.74 Å². The Morgan fingerprint density at radius 1 is 1.30 bits per heavy atom. The molecule has 20 heavy (non-hydrogen) atoms. The second-order valence-corrected chi connectivity index (χ2v) is 6.85. The van der Waals surface area contributed by atoms with Crippen LogP contribution in [0.2, 0.25) is 0 Å². The van der Waals surface area contributed by atoms with Crippen LogP contribution in [0.5, 0.6) is 0 Å². The van der Waals surface area contributed by atoms with Crippen LogP contribution in [0.15, 0.2) is 4.99 Å².